The van der Waals surface area contributed by atoms with E-state index in [-0.39, 0.29) is 5.03 Å². The highest BCUT2D eigenvalue weighted by atomic mass is 32.2. The van der Waals surface area contributed by atoms with E-state index >= 15 is 0 Å². The van der Waals surface area contributed by atoms with Gasteiger partial charge in [0.1, 0.15) is 0 Å². The van der Waals surface area contributed by atoms with Gasteiger partial charge in [-0.25, -0.2) is 23.0 Å². The molecule has 2 N–H and O–H groups in total. The predicted octanol–water partition coefficient (Wildman–Crippen LogP) is 1.98. The number of carbonyl (C=O) groups is 2. The van der Waals surface area contributed by atoms with Crippen molar-refractivity contribution in [1.82, 2.24) is 18.8 Å². The lowest BCUT2D eigenvalue weighted by atomic mass is 9.99. The molecule has 3 heterocycles. The Morgan fingerprint density at radius 3 is 2.03 bits per heavy atom. The van der Waals surface area contributed by atoms with Crippen molar-refractivity contribution in [3.63, 3.8) is 0 Å². The standard InChI is InChI=1S/C14H18N4O3S.2C2HF3O2/c1-17-8-14(16-10-17)22(19,20)18-4-3-13-11(7-18)5-15-6-12(13)9-21-2;2*3-2(4,5)1(6)7/h5-6,8,10H,3-4,7,9H2,1-2H3;2*(H,6,7). The Kier molecular flexibility index (Phi) is 10.4. The van der Waals surface area contributed by atoms with Crippen LogP contribution in [-0.4, -0.2) is 75.4 Å². The zero-order valence-electron chi connectivity index (χ0n) is 18.5. The van der Waals surface area contributed by atoms with Gasteiger partial charge < -0.3 is 19.5 Å². The highest BCUT2D eigenvalue weighted by Gasteiger charge is 2.39. The number of alkyl halides is 6. The zero-order chi connectivity index (χ0) is 27.9. The maximum Gasteiger partial charge on any atom is 0.490 e. The van der Waals surface area contributed by atoms with Gasteiger partial charge in [-0.3, -0.25) is 4.98 Å². The van der Waals surface area contributed by atoms with Crippen molar-refractivity contribution < 1.29 is 59.3 Å². The first-order chi connectivity index (χ1) is 16.4. The molecule has 0 saturated heterocycles. The SMILES string of the molecule is COCc1cncc2c1CCN(S(=O)(=O)c1cn(C)cn1)C2.O=C(O)C(F)(F)F.O=C(O)C(F)(F)F. The van der Waals surface area contributed by atoms with Crippen LogP contribution in [0.25, 0.3) is 0 Å². The predicted molar refractivity (Wildman–Crippen MR) is 107 cm³/mol. The van der Waals surface area contributed by atoms with E-state index in [1.54, 1.807) is 31.1 Å². The van der Waals surface area contributed by atoms with Gasteiger partial charge in [0.25, 0.3) is 10.0 Å². The van der Waals surface area contributed by atoms with Gasteiger partial charge in [-0.2, -0.15) is 30.6 Å². The number of imidazole rings is 1. The summed E-state index contributed by atoms with van der Waals surface area (Å²) in [5.74, 6) is -5.51. The van der Waals surface area contributed by atoms with E-state index < -0.39 is 34.3 Å². The molecule has 3 rings (SSSR count). The second-order valence-corrected chi connectivity index (χ2v) is 8.83. The van der Waals surface area contributed by atoms with Gasteiger partial charge in [-0.15, -0.1) is 0 Å². The number of carboxylic acids is 2. The number of methoxy groups -OCH3 is 1. The number of aryl methyl sites for hydroxylation is 1. The van der Waals surface area contributed by atoms with E-state index in [0.717, 1.165) is 16.7 Å². The summed E-state index contributed by atoms with van der Waals surface area (Å²) < 4.78 is 97.0. The van der Waals surface area contributed by atoms with Crippen LogP contribution in [0.4, 0.5) is 26.3 Å². The lowest BCUT2D eigenvalue weighted by molar-refractivity contribution is -0.193. The monoisotopic (exact) mass is 550 g/mol. The summed E-state index contributed by atoms with van der Waals surface area (Å²) >= 11 is 0. The first-order valence-electron chi connectivity index (χ1n) is 9.43. The molecule has 18 heteroatoms. The molecule has 36 heavy (non-hydrogen) atoms. The van der Waals surface area contributed by atoms with Crippen LogP contribution >= 0.6 is 0 Å². The minimum atomic E-state index is -5.08. The zero-order valence-corrected chi connectivity index (χ0v) is 19.4. The number of nitrogens with zero attached hydrogens (tertiary/aromatic N) is 4. The average molecular weight is 550 g/mol. The average Bonchev–Trinajstić information content (AvgIpc) is 3.20. The molecule has 1 aliphatic rings. The fraction of sp³-hybridized carbons (Fsp3) is 0.444. The number of sulfonamides is 1. The van der Waals surface area contributed by atoms with E-state index in [1.807, 2.05) is 0 Å². The molecule has 0 saturated carbocycles. The molecular formula is C18H20F6N4O7S. The number of rotatable bonds is 4. The third-order valence-electron chi connectivity index (χ3n) is 4.26. The van der Waals surface area contributed by atoms with Gasteiger partial charge in [0.15, 0.2) is 5.03 Å². The molecular weight excluding hydrogens is 530 g/mol. The van der Waals surface area contributed by atoms with Crippen molar-refractivity contribution >= 4 is 22.0 Å². The number of aromatic nitrogens is 3. The van der Waals surface area contributed by atoms with E-state index in [1.165, 1.54) is 16.8 Å². The third kappa shape index (κ3) is 8.76. The molecule has 0 aromatic carbocycles. The van der Waals surface area contributed by atoms with Crippen LogP contribution in [0.3, 0.4) is 0 Å². The number of aliphatic carboxylic acids is 2. The van der Waals surface area contributed by atoms with Crippen molar-refractivity contribution in [2.24, 2.45) is 7.05 Å². The maximum absolute atomic E-state index is 12.6. The third-order valence-corrected chi connectivity index (χ3v) is 6.00. The Morgan fingerprint density at radius 1 is 1.08 bits per heavy atom. The summed E-state index contributed by atoms with van der Waals surface area (Å²) in [7, 11) is -0.179. The highest BCUT2D eigenvalue weighted by Crippen LogP contribution is 2.26. The van der Waals surface area contributed by atoms with Crippen molar-refractivity contribution in [2.75, 3.05) is 13.7 Å². The summed E-state index contributed by atoms with van der Waals surface area (Å²) in [6.07, 6.45) is -2.99. The fourth-order valence-electron chi connectivity index (χ4n) is 2.68. The summed E-state index contributed by atoms with van der Waals surface area (Å²) in [4.78, 5) is 25.9. The number of pyridine rings is 1. The van der Waals surface area contributed by atoms with Gasteiger partial charge in [-0.05, 0) is 23.1 Å². The van der Waals surface area contributed by atoms with E-state index in [2.05, 4.69) is 9.97 Å². The van der Waals surface area contributed by atoms with Gasteiger partial charge in [0, 0.05) is 45.8 Å². The first-order valence-corrected chi connectivity index (χ1v) is 10.9. The summed E-state index contributed by atoms with van der Waals surface area (Å²) in [5, 5.41) is 14.3. The second kappa shape index (κ2) is 12.1. The molecule has 0 spiro atoms. The normalized spacial score (nSPS) is 14.0. The highest BCUT2D eigenvalue weighted by molar-refractivity contribution is 7.89. The number of fused-ring (bicyclic) bond motifs is 1. The van der Waals surface area contributed by atoms with E-state index in [9.17, 15) is 34.8 Å². The Balaban J connectivity index is 0.000000383. The topological polar surface area (TPSA) is 152 Å². The molecule has 11 nitrogen and oxygen atoms in total. The van der Waals surface area contributed by atoms with Crippen molar-refractivity contribution in [3.05, 3.63) is 41.6 Å². The van der Waals surface area contributed by atoms with Gasteiger partial charge in [-0.1, -0.05) is 0 Å². The van der Waals surface area contributed by atoms with Gasteiger partial charge in [0.05, 0.1) is 12.9 Å². The molecule has 0 aliphatic carbocycles. The van der Waals surface area contributed by atoms with Crippen molar-refractivity contribution in [3.8, 4) is 0 Å². The molecule has 0 bridgehead atoms. The molecule has 0 radical (unpaired) electrons. The fourth-order valence-corrected chi connectivity index (χ4v) is 4.07. The van der Waals surface area contributed by atoms with Crippen molar-refractivity contribution in [1.29, 1.82) is 0 Å². The Labute approximate surface area is 200 Å². The molecule has 1 aliphatic heterocycles. The van der Waals surface area contributed by atoms with Crippen molar-refractivity contribution in [2.45, 2.75) is 37.0 Å². The number of hydrogen-bond donors (Lipinski definition) is 2. The molecule has 0 amide bonds. The Bertz CT molecular complexity index is 1140. The molecule has 202 valence electrons. The number of ether oxygens (including phenoxy) is 1. The number of hydrogen-bond acceptors (Lipinski definition) is 7. The summed E-state index contributed by atoms with van der Waals surface area (Å²) in [6.45, 7) is 1.24. The second-order valence-electron chi connectivity index (χ2n) is 6.94. The minimum Gasteiger partial charge on any atom is -0.475 e. The largest absolute Gasteiger partial charge is 0.490 e. The maximum atomic E-state index is 12.6. The van der Waals surface area contributed by atoms with Crippen LogP contribution in [0, 0.1) is 0 Å². The van der Waals surface area contributed by atoms with E-state index in [4.69, 9.17) is 24.5 Å². The number of carboxylic acid groups (broad SMARTS) is 2. The molecule has 2 aromatic rings. The Hall–Kier alpha value is -3.25. The molecule has 0 fully saturated rings. The molecule has 0 unspecified atom stereocenters. The smallest absolute Gasteiger partial charge is 0.475 e. The molecule has 2 aromatic heterocycles. The van der Waals surface area contributed by atoms with Gasteiger partial charge in [0.2, 0.25) is 0 Å². The van der Waals surface area contributed by atoms with Crippen LogP contribution in [0.15, 0.2) is 29.9 Å². The summed E-state index contributed by atoms with van der Waals surface area (Å²) in [5.41, 5.74) is 3.10. The summed E-state index contributed by atoms with van der Waals surface area (Å²) in [6, 6.07) is 0. The van der Waals surface area contributed by atoms with Crippen LogP contribution in [0.5, 0.6) is 0 Å². The lowest BCUT2D eigenvalue weighted by Gasteiger charge is -2.28. The minimum absolute atomic E-state index is 0.0828. The quantitative estimate of drug-likeness (QED) is 0.545. The van der Waals surface area contributed by atoms with Crippen LogP contribution in [0.2, 0.25) is 0 Å². The van der Waals surface area contributed by atoms with Crippen LogP contribution in [0.1, 0.15) is 16.7 Å². The Morgan fingerprint density at radius 2 is 1.61 bits per heavy atom. The van der Waals surface area contributed by atoms with Crippen LogP contribution < -0.4 is 0 Å². The first kappa shape index (κ1) is 30.8. The van der Waals surface area contributed by atoms with E-state index in [0.29, 0.717) is 26.1 Å². The van der Waals surface area contributed by atoms with Crippen LogP contribution in [-0.2, 0) is 51.0 Å². The van der Waals surface area contributed by atoms with Gasteiger partial charge >= 0.3 is 24.3 Å². The number of halogens is 6. The molecule has 0 atom stereocenters. The lowest BCUT2D eigenvalue weighted by Crippen LogP contribution is -2.36.